The Bertz CT molecular complexity index is 727. The fourth-order valence-electron chi connectivity index (χ4n) is 2.46. The topological polar surface area (TPSA) is 67.6 Å². The summed E-state index contributed by atoms with van der Waals surface area (Å²) < 4.78 is 15.9. The number of fused-ring (bicyclic) bond motifs is 1. The second-order valence-corrected chi connectivity index (χ2v) is 5.09. The summed E-state index contributed by atoms with van der Waals surface area (Å²) in [5.41, 5.74) is 1.60. The summed E-state index contributed by atoms with van der Waals surface area (Å²) in [6.45, 7) is 2.04. The van der Waals surface area contributed by atoms with Gasteiger partial charge in [0.2, 0.25) is 6.79 Å². The van der Waals surface area contributed by atoms with Gasteiger partial charge in [0.25, 0.3) is 0 Å². The first-order chi connectivity index (χ1) is 11.3. The van der Waals surface area contributed by atoms with Gasteiger partial charge in [-0.1, -0.05) is 6.07 Å². The molecule has 0 spiro atoms. The average Bonchev–Trinajstić information content (AvgIpc) is 3.06. The van der Waals surface area contributed by atoms with Gasteiger partial charge in [0.1, 0.15) is 11.9 Å². The quantitative estimate of drug-likeness (QED) is 0.815. The number of benzene rings is 1. The van der Waals surface area contributed by atoms with Crippen LogP contribution in [0.2, 0.25) is 0 Å². The maximum absolute atomic E-state index is 9.30. The molecule has 0 bridgehead atoms. The van der Waals surface area contributed by atoms with Gasteiger partial charge in [-0.15, -0.1) is 0 Å². The third-order valence-corrected chi connectivity index (χ3v) is 3.58. The van der Waals surface area contributed by atoms with Crippen molar-refractivity contribution in [3.05, 3.63) is 47.7 Å². The van der Waals surface area contributed by atoms with E-state index in [0.29, 0.717) is 31.1 Å². The van der Waals surface area contributed by atoms with Crippen molar-refractivity contribution in [3.63, 3.8) is 0 Å². The molecular formula is C17H17N3O3. The third kappa shape index (κ3) is 3.35. The van der Waals surface area contributed by atoms with Crippen molar-refractivity contribution < 1.29 is 14.2 Å². The second kappa shape index (κ2) is 6.99. The first kappa shape index (κ1) is 15.1. The molecule has 0 saturated heterocycles. The van der Waals surface area contributed by atoms with Crippen LogP contribution in [0.3, 0.4) is 0 Å². The Hall–Kier alpha value is -2.78. The number of anilines is 1. The van der Waals surface area contributed by atoms with Crippen molar-refractivity contribution in [1.82, 2.24) is 4.98 Å². The van der Waals surface area contributed by atoms with E-state index < -0.39 is 0 Å². The van der Waals surface area contributed by atoms with E-state index in [4.69, 9.17) is 14.2 Å². The van der Waals surface area contributed by atoms with Crippen molar-refractivity contribution in [3.8, 4) is 17.6 Å². The van der Waals surface area contributed by atoms with Gasteiger partial charge in [0.05, 0.1) is 12.2 Å². The van der Waals surface area contributed by atoms with Gasteiger partial charge in [-0.25, -0.2) is 4.98 Å². The molecule has 1 aliphatic heterocycles. The standard InChI is InChI=1S/C17H17N3O3/c1-21-8-7-20(17-14(10-18)3-2-6-19-17)11-13-4-5-15-16(9-13)23-12-22-15/h2-6,9H,7-8,11-12H2,1H3. The highest BCUT2D eigenvalue weighted by atomic mass is 16.7. The molecule has 0 aliphatic carbocycles. The van der Waals surface area contributed by atoms with E-state index in [1.54, 1.807) is 25.4 Å². The molecule has 6 nitrogen and oxygen atoms in total. The predicted octanol–water partition coefficient (Wildman–Crippen LogP) is 2.33. The smallest absolute Gasteiger partial charge is 0.231 e. The van der Waals surface area contributed by atoms with Crippen LogP contribution in [-0.2, 0) is 11.3 Å². The maximum Gasteiger partial charge on any atom is 0.231 e. The number of hydrogen-bond donors (Lipinski definition) is 0. The van der Waals surface area contributed by atoms with Crippen LogP contribution < -0.4 is 14.4 Å². The molecule has 0 saturated carbocycles. The first-order valence-corrected chi connectivity index (χ1v) is 7.29. The lowest BCUT2D eigenvalue weighted by Gasteiger charge is -2.24. The Kier molecular flexibility index (Phi) is 4.60. The number of hydrogen-bond acceptors (Lipinski definition) is 6. The summed E-state index contributed by atoms with van der Waals surface area (Å²) in [6.07, 6.45) is 1.69. The molecule has 6 heteroatoms. The Labute approximate surface area is 134 Å². The van der Waals surface area contributed by atoms with Gasteiger partial charge in [0.15, 0.2) is 11.5 Å². The highest BCUT2D eigenvalue weighted by Crippen LogP contribution is 2.33. The van der Waals surface area contributed by atoms with Crippen LogP contribution in [0.15, 0.2) is 36.5 Å². The molecule has 0 atom stereocenters. The minimum absolute atomic E-state index is 0.255. The molecule has 23 heavy (non-hydrogen) atoms. The Morgan fingerprint density at radius 3 is 3.00 bits per heavy atom. The van der Waals surface area contributed by atoms with Crippen molar-refractivity contribution >= 4 is 5.82 Å². The zero-order chi connectivity index (χ0) is 16.1. The fourth-order valence-corrected chi connectivity index (χ4v) is 2.46. The lowest BCUT2D eigenvalue weighted by atomic mass is 10.1. The highest BCUT2D eigenvalue weighted by molar-refractivity contribution is 5.54. The lowest BCUT2D eigenvalue weighted by Crippen LogP contribution is -2.28. The molecule has 1 aromatic carbocycles. The number of pyridine rings is 1. The summed E-state index contributed by atoms with van der Waals surface area (Å²) in [7, 11) is 1.66. The van der Waals surface area contributed by atoms with E-state index in [1.807, 2.05) is 23.1 Å². The highest BCUT2D eigenvalue weighted by Gasteiger charge is 2.17. The molecule has 0 N–H and O–H groups in total. The van der Waals surface area contributed by atoms with E-state index in [0.717, 1.165) is 17.1 Å². The molecule has 2 aromatic rings. The van der Waals surface area contributed by atoms with Crippen LogP contribution in [0.25, 0.3) is 0 Å². The predicted molar refractivity (Wildman–Crippen MR) is 84.4 cm³/mol. The zero-order valence-electron chi connectivity index (χ0n) is 12.9. The fraction of sp³-hybridized carbons (Fsp3) is 0.294. The second-order valence-electron chi connectivity index (χ2n) is 5.09. The summed E-state index contributed by atoms with van der Waals surface area (Å²) in [6, 6.07) is 11.6. The molecule has 1 aromatic heterocycles. The van der Waals surface area contributed by atoms with Gasteiger partial charge in [0, 0.05) is 26.4 Å². The van der Waals surface area contributed by atoms with Gasteiger partial charge in [-0.3, -0.25) is 0 Å². The molecule has 2 heterocycles. The van der Waals surface area contributed by atoms with Crippen molar-refractivity contribution in [1.29, 1.82) is 5.26 Å². The van der Waals surface area contributed by atoms with E-state index in [9.17, 15) is 5.26 Å². The van der Waals surface area contributed by atoms with E-state index in [-0.39, 0.29) is 6.79 Å². The molecule has 0 amide bonds. The Balaban J connectivity index is 1.86. The van der Waals surface area contributed by atoms with E-state index >= 15 is 0 Å². The van der Waals surface area contributed by atoms with E-state index in [1.165, 1.54) is 0 Å². The summed E-state index contributed by atoms with van der Waals surface area (Å²) in [5, 5.41) is 9.30. The summed E-state index contributed by atoms with van der Waals surface area (Å²) in [4.78, 5) is 6.39. The normalized spacial score (nSPS) is 12.0. The molecule has 3 rings (SSSR count). The van der Waals surface area contributed by atoms with Crippen molar-refractivity contribution in [2.75, 3.05) is 32.0 Å². The molecular weight excluding hydrogens is 294 g/mol. The largest absolute Gasteiger partial charge is 0.454 e. The SMILES string of the molecule is COCCN(Cc1ccc2c(c1)OCO2)c1ncccc1C#N. The van der Waals surface area contributed by atoms with Crippen LogP contribution in [-0.4, -0.2) is 32.0 Å². The maximum atomic E-state index is 9.30. The molecule has 0 fully saturated rings. The number of rotatable bonds is 6. The third-order valence-electron chi connectivity index (χ3n) is 3.58. The molecule has 0 radical (unpaired) electrons. The van der Waals surface area contributed by atoms with Gasteiger partial charge >= 0.3 is 0 Å². The lowest BCUT2D eigenvalue weighted by molar-refractivity contribution is 0.174. The van der Waals surface area contributed by atoms with Crippen molar-refractivity contribution in [2.24, 2.45) is 0 Å². The van der Waals surface area contributed by atoms with Crippen molar-refractivity contribution in [2.45, 2.75) is 6.54 Å². The summed E-state index contributed by atoms with van der Waals surface area (Å²) in [5.74, 6) is 2.16. The molecule has 0 unspecified atom stereocenters. The number of aromatic nitrogens is 1. The minimum atomic E-state index is 0.255. The van der Waals surface area contributed by atoms with Crippen LogP contribution in [0, 0.1) is 11.3 Å². The monoisotopic (exact) mass is 311 g/mol. The number of ether oxygens (including phenoxy) is 3. The van der Waals surface area contributed by atoms with Crippen LogP contribution in [0.1, 0.15) is 11.1 Å². The number of nitrogens with zero attached hydrogens (tertiary/aromatic N) is 3. The Morgan fingerprint density at radius 1 is 1.30 bits per heavy atom. The Morgan fingerprint density at radius 2 is 2.17 bits per heavy atom. The number of methoxy groups -OCH3 is 1. The van der Waals surface area contributed by atoms with Gasteiger partial charge in [-0.05, 0) is 29.8 Å². The zero-order valence-corrected chi connectivity index (χ0v) is 12.9. The van der Waals surface area contributed by atoms with Crippen LogP contribution >= 0.6 is 0 Å². The average molecular weight is 311 g/mol. The minimum Gasteiger partial charge on any atom is -0.454 e. The number of nitriles is 1. The van der Waals surface area contributed by atoms with Crippen LogP contribution in [0.4, 0.5) is 5.82 Å². The first-order valence-electron chi connectivity index (χ1n) is 7.29. The van der Waals surface area contributed by atoms with Gasteiger partial charge in [-0.2, -0.15) is 5.26 Å². The molecule has 1 aliphatic rings. The molecule has 118 valence electrons. The summed E-state index contributed by atoms with van der Waals surface area (Å²) >= 11 is 0. The van der Waals surface area contributed by atoms with E-state index in [2.05, 4.69) is 11.1 Å². The van der Waals surface area contributed by atoms with Gasteiger partial charge < -0.3 is 19.1 Å². The van der Waals surface area contributed by atoms with Crippen LogP contribution in [0.5, 0.6) is 11.5 Å².